The van der Waals surface area contributed by atoms with Crippen molar-refractivity contribution in [2.75, 3.05) is 20.8 Å². The third kappa shape index (κ3) is 3.92. The molecule has 1 aliphatic rings. The standard InChI is InChI=1S/C20H27NO2/c1-6-16-11-17(7-2)19(22-4)12-18(16)9-8-10-20(23-5)13-15(3)21-14-20/h6-9,11-12,15,21H,1-2,10,13-14H2,3-5H3. The van der Waals surface area contributed by atoms with Crippen LogP contribution in [0.4, 0.5) is 0 Å². The average Bonchev–Trinajstić information content (AvgIpc) is 2.95. The molecule has 0 aromatic heterocycles. The summed E-state index contributed by atoms with van der Waals surface area (Å²) in [6, 6.07) is 4.57. The molecule has 3 nitrogen and oxygen atoms in total. The number of benzene rings is 1. The van der Waals surface area contributed by atoms with Gasteiger partial charge in [-0.3, -0.25) is 0 Å². The number of hydrogen-bond donors (Lipinski definition) is 1. The molecule has 1 saturated heterocycles. The molecule has 1 heterocycles. The van der Waals surface area contributed by atoms with Gasteiger partial charge in [0.05, 0.1) is 12.7 Å². The zero-order valence-corrected chi connectivity index (χ0v) is 14.4. The Balaban J connectivity index is 2.21. The van der Waals surface area contributed by atoms with Crippen molar-refractivity contribution in [1.82, 2.24) is 5.32 Å². The SMILES string of the molecule is C=Cc1cc(C=C)c(OC)cc1C=CCC1(OC)CNC(C)C1. The predicted octanol–water partition coefficient (Wildman–Crippen LogP) is 4.15. The van der Waals surface area contributed by atoms with Crippen LogP contribution in [-0.2, 0) is 4.74 Å². The summed E-state index contributed by atoms with van der Waals surface area (Å²) < 4.78 is 11.2. The maximum absolute atomic E-state index is 5.77. The number of methoxy groups -OCH3 is 2. The monoisotopic (exact) mass is 313 g/mol. The minimum atomic E-state index is -0.102. The number of ether oxygens (including phenoxy) is 2. The van der Waals surface area contributed by atoms with Gasteiger partial charge in [0.15, 0.2) is 0 Å². The molecule has 0 aliphatic carbocycles. The molecule has 1 aliphatic heterocycles. The molecule has 124 valence electrons. The van der Waals surface area contributed by atoms with E-state index in [0.717, 1.165) is 41.8 Å². The first-order chi connectivity index (χ1) is 11.1. The average molecular weight is 313 g/mol. The van der Waals surface area contributed by atoms with E-state index in [-0.39, 0.29) is 5.60 Å². The first-order valence-corrected chi connectivity index (χ1v) is 7.99. The molecular formula is C20H27NO2. The largest absolute Gasteiger partial charge is 0.496 e. The second-order valence-electron chi connectivity index (χ2n) is 6.11. The van der Waals surface area contributed by atoms with Crippen molar-refractivity contribution < 1.29 is 9.47 Å². The van der Waals surface area contributed by atoms with Gasteiger partial charge in [-0.2, -0.15) is 0 Å². The molecule has 0 bridgehead atoms. The van der Waals surface area contributed by atoms with E-state index in [1.165, 1.54) is 0 Å². The Hall–Kier alpha value is -1.84. The van der Waals surface area contributed by atoms with E-state index in [1.807, 2.05) is 18.2 Å². The molecule has 0 saturated carbocycles. The minimum absolute atomic E-state index is 0.102. The van der Waals surface area contributed by atoms with Crippen LogP contribution in [0.2, 0.25) is 0 Å². The van der Waals surface area contributed by atoms with Crippen molar-refractivity contribution in [3.8, 4) is 5.75 Å². The lowest BCUT2D eigenvalue weighted by Crippen LogP contribution is -2.33. The van der Waals surface area contributed by atoms with Gasteiger partial charge in [0.2, 0.25) is 0 Å². The zero-order valence-electron chi connectivity index (χ0n) is 14.4. The van der Waals surface area contributed by atoms with Gasteiger partial charge in [-0.15, -0.1) is 0 Å². The Morgan fingerprint density at radius 2 is 1.96 bits per heavy atom. The molecule has 2 unspecified atom stereocenters. The van der Waals surface area contributed by atoms with Gasteiger partial charge in [0.25, 0.3) is 0 Å². The molecule has 1 fully saturated rings. The van der Waals surface area contributed by atoms with E-state index >= 15 is 0 Å². The quantitative estimate of drug-likeness (QED) is 0.820. The van der Waals surface area contributed by atoms with Crippen molar-refractivity contribution in [3.63, 3.8) is 0 Å². The summed E-state index contributed by atoms with van der Waals surface area (Å²) in [5.41, 5.74) is 3.03. The van der Waals surface area contributed by atoms with Gasteiger partial charge in [-0.25, -0.2) is 0 Å². The Kier molecular flexibility index (Phi) is 5.80. The van der Waals surface area contributed by atoms with Gasteiger partial charge in [-0.1, -0.05) is 37.5 Å². The Morgan fingerprint density at radius 1 is 1.22 bits per heavy atom. The maximum Gasteiger partial charge on any atom is 0.126 e. The van der Waals surface area contributed by atoms with Crippen LogP contribution in [0.1, 0.15) is 36.5 Å². The highest BCUT2D eigenvalue weighted by atomic mass is 16.5. The van der Waals surface area contributed by atoms with Crippen molar-refractivity contribution in [1.29, 1.82) is 0 Å². The lowest BCUT2D eigenvalue weighted by molar-refractivity contribution is 0.00843. The fourth-order valence-corrected chi connectivity index (χ4v) is 3.14. The second kappa shape index (κ2) is 7.62. The summed E-state index contributed by atoms with van der Waals surface area (Å²) in [4.78, 5) is 0. The van der Waals surface area contributed by atoms with E-state index in [9.17, 15) is 0 Å². The Morgan fingerprint density at radius 3 is 2.48 bits per heavy atom. The van der Waals surface area contributed by atoms with Gasteiger partial charge in [-0.05, 0) is 43.0 Å². The predicted molar refractivity (Wildman–Crippen MR) is 98.6 cm³/mol. The molecule has 1 aromatic carbocycles. The molecule has 0 spiro atoms. The van der Waals surface area contributed by atoms with Crippen LogP contribution < -0.4 is 10.1 Å². The fraction of sp³-hybridized carbons (Fsp3) is 0.400. The van der Waals surface area contributed by atoms with E-state index in [0.29, 0.717) is 6.04 Å². The van der Waals surface area contributed by atoms with Crippen LogP contribution in [0.25, 0.3) is 18.2 Å². The molecule has 23 heavy (non-hydrogen) atoms. The maximum atomic E-state index is 5.77. The topological polar surface area (TPSA) is 30.5 Å². The third-order valence-corrected chi connectivity index (χ3v) is 4.55. The molecule has 3 heteroatoms. The highest BCUT2D eigenvalue weighted by molar-refractivity contribution is 5.71. The van der Waals surface area contributed by atoms with Crippen LogP contribution in [0.3, 0.4) is 0 Å². The Labute approximate surface area is 139 Å². The lowest BCUT2D eigenvalue weighted by atomic mass is 9.95. The smallest absolute Gasteiger partial charge is 0.126 e. The highest BCUT2D eigenvalue weighted by Crippen LogP contribution is 2.29. The lowest BCUT2D eigenvalue weighted by Gasteiger charge is -2.25. The summed E-state index contributed by atoms with van der Waals surface area (Å²) in [6.07, 6.45) is 9.86. The van der Waals surface area contributed by atoms with Crippen molar-refractivity contribution >= 4 is 18.2 Å². The first-order valence-electron chi connectivity index (χ1n) is 7.99. The van der Waals surface area contributed by atoms with Gasteiger partial charge < -0.3 is 14.8 Å². The van der Waals surface area contributed by atoms with Crippen LogP contribution in [0, 0.1) is 0 Å². The molecule has 2 atom stereocenters. The number of hydrogen-bond acceptors (Lipinski definition) is 3. The van der Waals surface area contributed by atoms with E-state index in [1.54, 1.807) is 20.3 Å². The normalized spacial score (nSPS) is 24.0. The van der Waals surface area contributed by atoms with Gasteiger partial charge in [0.1, 0.15) is 5.75 Å². The number of rotatable bonds is 7. The number of nitrogens with one attached hydrogen (secondary N) is 1. The summed E-state index contributed by atoms with van der Waals surface area (Å²) in [5.74, 6) is 0.822. The molecule has 1 aromatic rings. The van der Waals surface area contributed by atoms with Crippen LogP contribution in [0.15, 0.2) is 31.4 Å². The molecular weight excluding hydrogens is 286 g/mol. The second-order valence-corrected chi connectivity index (χ2v) is 6.11. The van der Waals surface area contributed by atoms with E-state index in [4.69, 9.17) is 9.47 Å². The van der Waals surface area contributed by atoms with Crippen molar-refractivity contribution in [2.24, 2.45) is 0 Å². The van der Waals surface area contributed by atoms with Crippen LogP contribution in [-0.4, -0.2) is 32.4 Å². The minimum Gasteiger partial charge on any atom is -0.496 e. The van der Waals surface area contributed by atoms with Gasteiger partial charge >= 0.3 is 0 Å². The summed E-state index contributed by atoms with van der Waals surface area (Å²) >= 11 is 0. The summed E-state index contributed by atoms with van der Waals surface area (Å²) in [5, 5.41) is 3.46. The molecule has 0 amide bonds. The Bertz CT molecular complexity index is 606. The molecule has 2 rings (SSSR count). The zero-order chi connectivity index (χ0) is 16.9. The first kappa shape index (κ1) is 17.5. The summed E-state index contributed by atoms with van der Waals surface area (Å²) in [7, 11) is 3.47. The summed E-state index contributed by atoms with van der Waals surface area (Å²) in [6.45, 7) is 10.8. The van der Waals surface area contributed by atoms with Crippen molar-refractivity contribution in [3.05, 3.63) is 48.1 Å². The third-order valence-electron chi connectivity index (χ3n) is 4.55. The van der Waals surface area contributed by atoms with Crippen LogP contribution >= 0.6 is 0 Å². The van der Waals surface area contributed by atoms with Crippen LogP contribution in [0.5, 0.6) is 5.75 Å². The van der Waals surface area contributed by atoms with Gasteiger partial charge in [0, 0.05) is 25.3 Å². The van der Waals surface area contributed by atoms with Crippen molar-refractivity contribution in [2.45, 2.75) is 31.4 Å². The highest BCUT2D eigenvalue weighted by Gasteiger charge is 2.36. The molecule has 1 N–H and O–H groups in total. The van der Waals surface area contributed by atoms with E-state index in [2.05, 4.69) is 37.6 Å². The fourth-order valence-electron chi connectivity index (χ4n) is 3.14. The molecule has 0 radical (unpaired) electrons. The van der Waals surface area contributed by atoms with E-state index < -0.39 is 0 Å².